The Morgan fingerprint density at radius 2 is 1.88 bits per heavy atom. The predicted molar refractivity (Wildman–Crippen MR) is 139 cm³/mol. The van der Waals surface area contributed by atoms with E-state index in [0.29, 0.717) is 24.5 Å². The van der Waals surface area contributed by atoms with Crippen LogP contribution in [0.5, 0.6) is 5.75 Å². The van der Waals surface area contributed by atoms with Crippen LogP contribution in [0.3, 0.4) is 0 Å². The number of esters is 1. The maximum absolute atomic E-state index is 15.8. The molecule has 41 heavy (non-hydrogen) atoms. The zero-order valence-corrected chi connectivity index (χ0v) is 22.2. The van der Waals surface area contributed by atoms with E-state index in [2.05, 4.69) is 5.32 Å². The van der Waals surface area contributed by atoms with Crippen molar-refractivity contribution in [2.24, 2.45) is 5.92 Å². The number of aliphatic hydroxyl groups excluding tert-OH is 3. The average Bonchev–Trinajstić information content (AvgIpc) is 3.70. The highest BCUT2D eigenvalue weighted by Gasteiger charge is 2.49. The van der Waals surface area contributed by atoms with Crippen LogP contribution in [-0.2, 0) is 14.3 Å². The molecule has 1 unspecified atom stereocenters. The Morgan fingerprint density at radius 3 is 2.54 bits per heavy atom. The summed E-state index contributed by atoms with van der Waals surface area (Å²) in [5.74, 6) is -3.05. The number of carbonyl (C=O) groups excluding carboxylic acids is 1. The van der Waals surface area contributed by atoms with Gasteiger partial charge in [-0.1, -0.05) is 0 Å². The highest BCUT2D eigenvalue weighted by atomic mass is 19.1. The molecule has 1 aromatic heterocycles. The molecule has 13 nitrogen and oxygen atoms in total. The van der Waals surface area contributed by atoms with E-state index >= 15 is 4.39 Å². The quantitative estimate of drug-likeness (QED) is 0.284. The molecule has 3 aliphatic heterocycles. The van der Waals surface area contributed by atoms with Crippen molar-refractivity contribution in [2.75, 3.05) is 31.6 Å². The van der Waals surface area contributed by atoms with Gasteiger partial charge in [0.2, 0.25) is 11.7 Å². The standard InChI is InChI=1S/C27H32FN3O10/c1-39-23-17-13(7-15(28)18(23)30-8-11-3-2-6-29-16(11)10-30)19(32)14(9-31(17)12-4-5-12)26(38)41-27-22(35)20(33)21(34)24(40-27)25(36)37/h7,9,11-12,16,20-22,24,27,29,33-35H,2-6,8,10H2,1H3,(H,36,37)/t11-,16+,20-,21-,22+,24-,27?/m0/s1. The zero-order valence-electron chi connectivity index (χ0n) is 22.2. The van der Waals surface area contributed by atoms with Crippen molar-refractivity contribution < 1.29 is 48.6 Å². The Bertz CT molecular complexity index is 1430. The molecule has 1 aromatic carbocycles. The molecule has 14 heteroatoms. The number of piperidine rings is 1. The van der Waals surface area contributed by atoms with E-state index in [1.54, 1.807) is 4.57 Å². The lowest BCUT2D eigenvalue weighted by molar-refractivity contribution is -0.278. The smallest absolute Gasteiger partial charge is 0.346 e. The Kier molecular flexibility index (Phi) is 7.14. The molecule has 1 saturated carbocycles. The normalized spacial score (nSPS) is 31.6. The minimum Gasteiger partial charge on any atom is -0.492 e. The number of carbonyl (C=O) groups is 2. The second kappa shape index (κ2) is 10.5. The van der Waals surface area contributed by atoms with Gasteiger partial charge in [0.15, 0.2) is 17.7 Å². The van der Waals surface area contributed by atoms with E-state index in [-0.39, 0.29) is 28.9 Å². The van der Waals surface area contributed by atoms with Crippen LogP contribution in [0.25, 0.3) is 10.9 Å². The van der Waals surface area contributed by atoms with Crippen LogP contribution >= 0.6 is 0 Å². The molecule has 7 atom stereocenters. The summed E-state index contributed by atoms with van der Waals surface area (Å²) >= 11 is 0. The van der Waals surface area contributed by atoms with Crippen LogP contribution in [0.1, 0.15) is 42.1 Å². The molecule has 4 heterocycles. The number of halogens is 1. The third-order valence-electron chi connectivity index (χ3n) is 8.51. The summed E-state index contributed by atoms with van der Waals surface area (Å²) in [7, 11) is 1.41. The number of aliphatic hydroxyl groups is 3. The predicted octanol–water partition coefficient (Wildman–Crippen LogP) is -0.279. The fourth-order valence-corrected chi connectivity index (χ4v) is 6.26. The lowest BCUT2D eigenvalue weighted by atomic mass is 9.94. The van der Waals surface area contributed by atoms with E-state index in [0.717, 1.165) is 38.3 Å². The average molecular weight is 578 g/mol. The van der Waals surface area contributed by atoms with Gasteiger partial charge in [-0.3, -0.25) is 4.79 Å². The fraction of sp³-hybridized carbons (Fsp3) is 0.593. The number of aliphatic carboxylic acids is 1. The van der Waals surface area contributed by atoms with Crippen LogP contribution in [0.2, 0.25) is 0 Å². The number of hydrogen-bond donors (Lipinski definition) is 5. The van der Waals surface area contributed by atoms with Crippen LogP contribution in [0.15, 0.2) is 17.1 Å². The summed E-state index contributed by atoms with van der Waals surface area (Å²) in [5.41, 5.74) is -0.762. The lowest BCUT2D eigenvalue weighted by Gasteiger charge is -2.37. The van der Waals surface area contributed by atoms with Gasteiger partial charge in [0.25, 0.3) is 0 Å². The van der Waals surface area contributed by atoms with Crippen molar-refractivity contribution in [2.45, 2.75) is 68.5 Å². The Balaban J connectivity index is 1.39. The summed E-state index contributed by atoms with van der Waals surface area (Å²) in [6.07, 6.45) is -5.10. The van der Waals surface area contributed by atoms with E-state index < -0.39 is 59.5 Å². The Labute approximate surface area is 233 Å². The van der Waals surface area contributed by atoms with Crippen molar-refractivity contribution in [1.29, 1.82) is 0 Å². The van der Waals surface area contributed by atoms with Crippen LogP contribution in [-0.4, -0.2) is 100 Å². The van der Waals surface area contributed by atoms with Gasteiger partial charge in [0.05, 0.1) is 18.0 Å². The second-order valence-electron chi connectivity index (χ2n) is 11.2. The topological polar surface area (TPSA) is 180 Å². The maximum atomic E-state index is 15.8. The largest absolute Gasteiger partial charge is 0.492 e. The number of carboxylic acids is 1. The molecule has 4 aliphatic rings. The lowest BCUT2D eigenvalue weighted by Crippen LogP contribution is -2.60. The molecule has 5 N–H and O–H groups in total. The molecule has 0 amide bonds. The van der Waals surface area contributed by atoms with Crippen molar-refractivity contribution in [3.63, 3.8) is 0 Å². The number of pyridine rings is 1. The van der Waals surface area contributed by atoms with Crippen molar-refractivity contribution in [1.82, 2.24) is 9.88 Å². The molecule has 0 spiro atoms. The molecule has 0 radical (unpaired) electrons. The number of anilines is 1. The summed E-state index contributed by atoms with van der Waals surface area (Å²) in [6, 6.07) is 1.22. The summed E-state index contributed by atoms with van der Waals surface area (Å²) in [5, 5.41) is 42.8. The van der Waals surface area contributed by atoms with Gasteiger partial charge in [-0.25, -0.2) is 14.0 Å². The van der Waals surface area contributed by atoms with E-state index in [1.807, 2.05) is 4.90 Å². The first kappa shape index (κ1) is 27.8. The molecule has 6 rings (SSSR count). The van der Waals surface area contributed by atoms with Gasteiger partial charge < -0.3 is 49.4 Å². The molecule has 4 fully saturated rings. The van der Waals surface area contributed by atoms with Gasteiger partial charge in [0.1, 0.15) is 29.6 Å². The highest BCUT2D eigenvalue weighted by molar-refractivity contribution is 5.98. The van der Waals surface area contributed by atoms with Crippen LogP contribution in [0.4, 0.5) is 10.1 Å². The molecule has 3 saturated heterocycles. The number of methoxy groups -OCH3 is 1. The molecule has 0 bridgehead atoms. The first-order valence-corrected chi connectivity index (χ1v) is 13.7. The van der Waals surface area contributed by atoms with Gasteiger partial charge >= 0.3 is 11.9 Å². The number of nitrogens with zero attached hydrogens (tertiary/aromatic N) is 2. The first-order valence-electron chi connectivity index (χ1n) is 13.7. The van der Waals surface area contributed by atoms with Gasteiger partial charge in [-0.15, -0.1) is 0 Å². The second-order valence-corrected chi connectivity index (χ2v) is 11.2. The number of hydrogen-bond acceptors (Lipinski definition) is 11. The first-order chi connectivity index (χ1) is 19.6. The van der Waals surface area contributed by atoms with Crippen LogP contribution < -0.4 is 20.4 Å². The number of fused-ring (bicyclic) bond motifs is 2. The minimum atomic E-state index is -2.00. The highest BCUT2D eigenvalue weighted by Crippen LogP contribution is 2.45. The molecule has 2 aromatic rings. The SMILES string of the molecule is COc1c(N2C[C@@H]3CCCN[C@@H]3C2)c(F)cc2c(=O)c(C(=O)OC3O[C@H](C(=O)O)[C@@H](O)[C@H](O)[C@H]3O)cn(C3CC3)c12. The molecule has 222 valence electrons. The summed E-state index contributed by atoms with van der Waals surface area (Å²) in [6.45, 7) is 2.13. The third kappa shape index (κ3) is 4.73. The fourth-order valence-electron chi connectivity index (χ4n) is 6.26. The third-order valence-corrected chi connectivity index (χ3v) is 8.51. The number of benzene rings is 1. The van der Waals surface area contributed by atoms with Crippen molar-refractivity contribution in [3.05, 3.63) is 33.9 Å². The maximum Gasteiger partial charge on any atom is 0.346 e. The van der Waals surface area contributed by atoms with E-state index in [9.17, 15) is 34.8 Å². The van der Waals surface area contributed by atoms with Gasteiger partial charge in [-0.05, 0) is 44.2 Å². The van der Waals surface area contributed by atoms with Crippen LogP contribution in [0, 0.1) is 11.7 Å². The number of nitrogens with one attached hydrogen (secondary N) is 1. The summed E-state index contributed by atoms with van der Waals surface area (Å²) in [4.78, 5) is 40.1. The Morgan fingerprint density at radius 1 is 1.12 bits per heavy atom. The molecular formula is C27H32FN3O10. The zero-order chi connectivity index (χ0) is 29.2. The minimum absolute atomic E-state index is 0.0930. The number of aromatic nitrogens is 1. The Hall–Kier alpha value is -3.30. The van der Waals surface area contributed by atoms with E-state index in [1.165, 1.54) is 13.3 Å². The monoisotopic (exact) mass is 577 g/mol. The van der Waals surface area contributed by atoms with Gasteiger partial charge in [-0.2, -0.15) is 0 Å². The number of rotatable bonds is 6. The summed E-state index contributed by atoms with van der Waals surface area (Å²) < 4.78 is 33.4. The molecule has 1 aliphatic carbocycles. The van der Waals surface area contributed by atoms with Gasteiger partial charge in [0, 0.05) is 31.4 Å². The van der Waals surface area contributed by atoms with Crippen molar-refractivity contribution in [3.8, 4) is 5.75 Å². The molecular weight excluding hydrogens is 545 g/mol. The number of ether oxygens (including phenoxy) is 3. The number of carboxylic acid groups (broad SMARTS) is 1. The van der Waals surface area contributed by atoms with Crippen molar-refractivity contribution >= 4 is 28.5 Å². The van der Waals surface area contributed by atoms with E-state index in [4.69, 9.17) is 14.2 Å².